The molecular weight excluding hydrogens is 475 g/mol. The summed E-state index contributed by atoms with van der Waals surface area (Å²) in [5.41, 5.74) is 1.29. The van der Waals surface area contributed by atoms with E-state index < -0.39 is 0 Å². The van der Waals surface area contributed by atoms with Crippen molar-refractivity contribution in [2.45, 2.75) is 45.2 Å². The smallest absolute Gasteiger partial charge is 0.242 e. The van der Waals surface area contributed by atoms with E-state index in [1.54, 1.807) is 48.4 Å². The Morgan fingerprint density at radius 2 is 1.73 bits per heavy atom. The van der Waals surface area contributed by atoms with Gasteiger partial charge in [0.1, 0.15) is 11.4 Å². The zero-order chi connectivity index (χ0) is 26.2. The predicted molar refractivity (Wildman–Crippen MR) is 138 cm³/mol. The molecule has 0 saturated heterocycles. The molecule has 3 aromatic rings. The molecule has 7 nitrogen and oxygen atoms in total. The van der Waals surface area contributed by atoms with Gasteiger partial charge in [0.2, 0.25) is 11.8 Å². The molecule has 4 rings (SSSR count). The zero-order valence-electron chi connectivity index (χ0n) is 21.2. The third-order valence-corrected chi connectivity index (χ3v) is 6.91. The van der Waals surface area contributed by atoms with Gasteiger partial charge in [0.15, 0.2) is 5.43 Å². The number of nitrogens with zero attached hydrogens (tertiary/aromatic N) is 2. The van der Waals surface area contributed by atoms with E-state index in [-0.39, 0.29) is 48.6 Å². The molecule has 0 spiro atoms. The van der Waals surface area contributed by atoms with Crippen molar-refractivity contribution in [2.24, 2.45) is 5.92 Å². The fourth-order valence-corrected chi connectivity index (χ4v) is 4.81. The number of ether oxygens (including phenoxy) is 1. The molecule has 1 saturated carbocycles. The average molecular weight is 509 g/mol. The summed E-state index contributed by atoms with van der Waals surface area (Å²) in [6, 6.07) is 12.8. The number of carbonyl (C=O) groups is 2. The molecule has 0 unspecified atom stereocenters. The van der Waals surface area contributed by atoms with Crippen LogP contribution in [0, 0.1) is 11.7 Å². The van der Waals surface area contributed by atoms with Crippen molar-refractivity contribution in [3.63, 3.8) is 0 Å². The van der Waals surface area contributed by atoms with Crippen LogP contribution in [-0.2, 0) is 27.4 Å². The zero-order valence-corrected chi connectivity index (χ0v) is 21.2. The van der Waals surface area contributed by atoms with E-state index in [1.165, 1.54) is 23.3 Å². The Labute approximate surface area is 215 Å². The normalized spacial score (nSPS) is 14.0. The third kappa shape index (κ3) is 6.83. The quantitative estimate of drug-likeness (QED) is 0.402. The molecule has 0 bridgehead atoms. The summed E-state index contributed by atoms with van der Waals surface area (Å²) in [5.74, 6) is -0.800. The van der Waals surface area contributed by atoms with Crippen LogP contribution < -0.4 is 5.43 Å². The second kappa shape index (κ2) is 12.6. The van der Waals surface area contributed by atoms with Crippen LogP contribution >= 0.6 is 0 Å². The topological polar surface area (TPSA) is 80.1 Å². The molecule has 0 radical (unpaired) electrons. The number of halogens is 1. The molecule has 1 aliphatic rings. The van der Waals surface area contributed by atoms with Gasteiger partial charge in [0, 0.05) is 26.1 Å². The van der Waals surface area contributed by atoms with E-state index >= 15 is 0 Å². The Bertz CT molecular complexity index is 1270. The van der Waals surface area contributed by atoms with Crippen LogP contribution in [0.25, 0.3) is 11.0 Å². The van der Waals surface area contributed by atoms with E-state index in [9.17, 15) is 18.8 Å². The van der Waals surface area contributed by atoms with Gasteiger partial charge in [-0.05, 0) is 42.7 Å². The molecular formula is C29H33FN2O5. The summed E-state index contributed by atoms with van der Waals surface area (Å²) in [5, 5.41) is 0.434. The van der Waals surface area contributed by atoms with Crippen molar-refractivity contribution in [1.82, 2.24) is 9.80 Å². The lowest BCUT2D eigenvalue weighted by Crippen LogP contribution is -2.46. The summed E-state index contributed by atoms with van der Waals surface area (Å²) in [4.78, 5) is 43.2. The first-order chi connectivity index (χ1) is 18.0. The summed E-state index contributed by atoms with van der Waals surface area (Å²) >= 11 is 0. The summed E-state index contributed by atoms with van der Waals surface area (Å²) in [7, 11) is 1.56. The average Bonchev–Trinajstić information content (AvgIpc) is 2.93. The molecule has 37 heavy (non-hydrogen) atoms. The first kappa shape index (κ1) is 26.5. The Morgan fingerprint density at radius 3 is 2.46 bits per heavy atom. The van der Waals surface area contributed by atoms with E-state index in [4.69, 9.17) is 9.15 Å². The number of methoxy groups -OCH3 is 1. The minimum absolute atomic E-state index is 0.000879. The first-order valence-electron chi connectivity index (χ1n) is 12.8. The van der Waals surface area contributed by atoms with Gasteiger partial charge in [-0.2, -0.15) is 0 Å². The largest absolute Gasteiger partial charge is 0.464 e. The molecule has 1 aliphatic carbocycles. The second-order valence-corrected chi connectivity index (χ2v) is 9.55. The van der Waals surface area contributed by atoms with Crippen LogP contribution in [0.5, 0.6) is 0 Å². The minimum Gasteiger partial charge on any atom is -0.464 e. The Morgan fingerprint density at radius 1 is 1.00 bits per heavy atom. The van der Waals surface area contributed by atoms with Gasteiger partial charge in [0.25, 0.3) is 0 Å². The lowest BCUT2D eigenvalue weighted by atomic mass is 9.88. The van der Waals surface area contributed by atoms with Gasteiger partial charge in [-0.3, -0.25) is 14.4 Å². The van der Waals surface area contributed by atoms with Crippen LogP contribution in [0.4, 0.5) is 4.39 Å². The van der Waals surface area contributed by atoms with Crippen LogP contribution in [0.3, 0.4) is 0 Å². The van der Waals surface area contributed by atoms with Crippen LogP contribution in [-0.4, -0.2) is 48.4 Å². The van der Waals surface area contributed by atoms with Crippen LogP contribution in [0.15, 0.2) is 64.0 Å². The first-order valence-corrected chi connectivity index (χ1v) is 12.8. The second-order valence-electron chi connectivity index (χ2n) is 9.55. The van der Waals surface area contributed by atoms with Crippen molar-refractivity contribution < 1.29 is 23.1 Å². The number of fused-ring (bicyclic) bond motifs is 1. The van der Waals surface area contributed by atoms with Crippen LogP contribution in [0.2, 0.25) is 0 Å². The fraction of sp³-hybridized carbons (Fsp3) is 0.414. The molecule has 1 heterocycles. The molecule has 196 valence electrons. The van der Waals surface area contributed by atoms with Crippen molar-refractivity contribution in [1.29, 1.82) is 0 Å². The molecule has 0 N–H and O–H groups in total. The van der Waals surface area contributed by atoms with Crippen molar-refractivity contribution in [3.8, 4) is 0 Å². The van der Waals surface area contributed by atoms with E-state index in [2.05, 4.69) is 0 Å². The van der Waals surface area contributed by atoms with Crippen molar-refractivity contribution >= 4 is 22.8 Å². The van der Waals surface area contributed by atoms with E-state index in [0.717, 1.165) is 32.1 Å². The molecule has 0 aliphatic heterocycles. The lowest BCUT2D eigenvalue weighted by molar-refractivity contribution is -0.144. The Hall–Kier alpha value is -3.52. The number of hydrogen-bond donors (Lipinski definition) is 0. The standard InChI is InChI=1S/C29H33FN2O5/c1-36-16-15-31(29(35)22-7-3-2-4-8-22)19-27(33)32(17-21-11-13-24(30)14-12-21)18-23-20-37-26-10-6-5-9-25(26)28(23)34/h5-6,9-14,20,22H,2-4,7-8,15-19H2,1H3. The van der Waals surface area contributed by atoms with Gasteiger partial charge >= 0.3 is 0 Å². The van der Waals surface area contributed by atoms with Gasteiger partial charge in [-0.1, -0.05) is 43.5 Å². The number of carbonyl (C=O) groups excluding carboxylic acids is 2. The molecule has 1 fully saturated rings. The molecule has 2 amide bonds. The van der Waals surface area contributed by atoms with Gasteiger partial charge < -0.3 is 19.0 Å². The highest BCUT2D eigenvalue weighted by Crippen LogP contribution is 2.25. The highest BCUT2D eigenvalue weighted by Gasteiger charge is 2.29. The van der Waals surface area contributed by atoms with Crippen LogP contribution in [0.1, 0.15) is 43.2 Å². The van der Waals surface area contributed by atoms with Gasteiger partial charge in [-0.15, -0.1) is 0 Å². The summed E-state index contributed by atoms with van der Waals surface area (Å²) < 4.78 is 24.4. The van der Waals surface area contributed by atoms with E-state index in [0.29, 0.717) is 35.2 Å². The number of amides is 2. The third-order valence-electron chi connectivity index (χ3n) is 6.91. The Balaban J connectivity index is 1.59. The van der Waals surface area contributed by atoms with Gasteiger partial charge in [0.05, 0.1) is 36.9 Å². The number of rotatable bonds is 10. The maximum Gasteiger partial charge on any atom is 0.242 e. The maximum absolute atomic E-state index is 13.6. The number of hydrogen-bond acceptors (Lipinski definition) is 5. The summed E-state index contributed by atoms with van der Waals surface area (Å²) in [6.07, 6.45) is 6.18. The molecule has 0 atom stereocenters. The summed E-state index contributed by atoms with van der Waals surface area (Å²) in [6.45, 7) is 0.650. The maximum atomic E-state index is 13.6. The minimum atomic E-state index is -0.374. The van der Waals surface area contributed by atoms with Crippen molar-refractivity contribution in [2.75, 3.05) is 26.8 Å². The number of benzene rings is 2. The lowest BCUT2D eigenvalue weighted by Gasteiger charge is -2.31. The predicted octanol–water partition coefficient (Wildman–Crippen LogP) is 4.52. The SMILES string of the molecule is COCCN(CC(=O)N(Cc1ccc(F)cc1)Cc1coc2ccccc2c1=O)C(=O)C1CCCCC1. The van der Waals surface area contributed by atoms with Gasteiger partial charge in [-0.25, -0.2) is 4.39 Å². The van der Waals surface area contributed by atoms with E-state index in [1.807, 2.05) is 0 Å². The highest BCUT2D eigenvalue weighted by molar-refractivity contribution is 5.86. The molecule has 2 aromatic carbocycles. The monoisotopic (exact) mass is 508 g/mol. The molecule has 1 aromatic heterocycles. The Kier molecular flexibility index (Phi) is 9.06. The fourth-order valence-electron chi connectivity index (χ4n) is 4.81. The van der Waals surface area contributed by atoms with Crippen molar-refractivity contribution in [3.05, 3.63) is 82.0 Å². The molecule has 8 heteroatoms. The highest BCUT2D eigenvalue weighted by atomic mass is 19.1. The number of para-hydroxylation sites is 1.